The van der Waals surface area contributed by atoms with Crippen molar-refractivity contribution in [2.24, 2.45) is 0 Å². The summed E-state index contributed by atoms with van der Waals surface area (Å²) < 4.78 is 40.5. The molecule has 11 heteroatoms. The van der Waals surface area contributed by atoms with Gasteiger partial charge in [-0.25, -0.2) is 9.97 Å². The normalized spacial score (nSPS) is 11.9. The first kappa shape index (κ1) is 15.9. The van der Waals surface area contributed by atoms with Crippen molar-refractivity contribution in [3.63, 3.8) is 0 Å². The molecule has 6 nitrogen and oxygen atoms in total. The van der Waals surface area contributed by atoms with Crippen LogP contribution in [0.1, 0.15) is 11.4 Å². The maximum Gasteiger partial charge on any atom is 0.417 e. The Balaban J connectivity index is 1.92. The quantitative estimate of drug-likeness (QED) is 0.719. The van der Waals surface area contributed by atoms with Crippen LogP contribution in [0.3, 0.4) is 0 Å². The first-order valence-electron chi connectivity index (χ1n) is 6.16. The topological polar surface area (TPSA) is 68.0 Å². The molecule has 0 radical (unpaired) electrons. The Hall–Kier alpha value is -1.94. The molecule has 0 aliphatic rings. The monoisotopic (exact) mass is 406 g/mol. The first-order valence-corrected chi connectivity index (χ1v) is 7.33. The molecule has 0 fully saturated rings. The second kappa shape index (κ2) is 5.93. The predicted octanol–water partition coefficient (Wildman–Crippen LogP) is 3.57. The van der Waals surface area contributed by atoms with E-state index in [0.717, 1.165) is 12.3 Å². The largest absolute Gasteiger partial charge is 0.417 e. The number of alkyl halides is 3. The molecular weight excluding hydrogens is 401 g/mol. The smallest absolute Gasteiger partial charge is 0.347 e. The minimum Gasteiger partial charge on any atom is -0.347 e. The highest BCUT2D eigenvalue weighted by Crippen LogP contribution is 2.32. The summed E-state index contributed by atoms with van der Waals surface area (Å²) in [7, 11) is 0. The Morgan fingerprint density at radius 1 is 1.22 bits per heavy atom. The van der Waals surface area contributed by atoms with Gasteiger partial charge in [0.1, 0.15) is 0 Å². The van der Waals surface area contributed by atoms with Crippen molar-refractivity contribution in [1.29, 1.82) is 0 Å². The lowest BCUT2D eigenvalue weighted by atomic mass is 10.3. The van der Waals surface area contributed by atoms with Gasteiger partial charge in [0.2, 0.25) is 5.95 Å². The second-order valence-electron chi connectivity index (χ2n) is 4.46. The van der Waals surface area contributed by atoms with Crippen molar-refractivity contribution >= 4 is 39.1 Å². The van der Waals surface area contributed by atoms with Crippen molar-refractivity contribution in [1.82, 2.24) is 24.6 Å². The highest BCUT2D eigenvalue weighted by atomic mass is 79.9. The SMILES string of the molecule is FC(F)(F)c1cc(Cl)c2nnc(CNc3ncc(Br)cn3)n2c1. The van der Waals surface area contributed by atoms with E-state index in [2.05, 4.69) is 41.4 Å². The van der Waals surface area contributed by atoms with Crippen molar-refractivity contribution < 1.29 is 13.2 Å². The molecule has 23 heavy (non-hydrogen) atoms. The molecule has 0 bridgehead atoms. The molecule has 0 saturated heterocycles. The summed E-state index contributed by atoms with van der Waals surface area (Å²) >= 11 is 9.04. The van der Waals surface area contributed by atoms with Crippen molar-refractivity contribution in [3.8, 4) is 0 Å². The molecule has 1 N–H and O–H groups in total. The molecule has 0 saturated carbocycles. The van der Waals surface area contributed by atoms with Crippen LogP contribution in [0.2, 0.25) is 5.02 Å². The van der Waals surface area contributed by atoms with Crippen LogP contribution in [-0.2, 0) is 12.7 Å². The number of anilines is 1. The van der Waals surface area contributed by atoms with Crippen LogP contribution in [-0.4, -0.2) is 24.6 Å². The molecule has 0 atom stereocenters. The zero-order chi connectivity index (χ0) is 16.6. The van der Waals surface area contributed by atoms with E-state index in [1.54, 1.807) is 0 Å². The first-order chi connectivity index (χ1) is 10.8. The number of rotatable bonds is 3. The zero-order valence-electron chi connectivity index (χ0n) is 11.1. The fraction of sp³-hybridized carbons (Fsp3) is 0.167. The van der Waals surface area contributed by atoms with Gasteiger partial charge in [0.05, 0.1) is 21.6 Å². The molecule has 0 unspecified atom stereocenters. The Kier molecular flexibility index (Phi) is 4.11. The minimum absolute atomic E-state index is 0.0838. The van der Waals surface area contributed by atoms with E-state index in [-0.39, 0.29) is 23.0 Å². The Labute approximate surface area is 140 Å². The summed E-state index contributed by atoms with van der Waals surface area (Å²) in [5.74, 6) is 0.558. The molecule has 3 aromatic heterocycles. The van der Waals surface area contributed by atoms with Crippen molar-refractivity contribution in [2.75, 3.05) is 5.32 Å². The van der Waals surface area contributed by atoms with E-state index >= 15 is 0 Å². The fourth-order valence-corrected chi connectivity index (χ4v) is 2.29. The van der Waals surface area contributed by atoms with Gasteiger partial charge in [-0.05, 0) is 22.0 Å². The number of hydrogen-bond donors (Lipinski definition) is 1. The summed E-state index contributed by atoms with van der Waals surface area (Å²) in [5.41, 5.74) is -0.732. The van der Waals surface area contributed by atoms with Crippen LogP contribution in [0, 0.1) is 0 Å². The van der Waals surface area contributed by atoms with Crippen LogP contribution >= 0.6 is 27.5 Å². The van der Waals surface area contributed by atoms with E-state index in [0.29, 0.717) is 10.4 Å². The van der Waals surface area contributed by atoms with Gasteiger partial charge in [-0.2, -0.15) is 13.2 Å². The lowest BCUT2D eigenvalue weighted by Crippen LogP contribution is -2.10. The highest BCUT2D eigenvalue weighted by Gasteiger charge is 2.32. The average molecular weight is 408 g/mol. The Morgan fingerprint density at radius 2 is 1.91 bits per heavy atom. The lowest BCUT2D eigenvalue weighted by Gasteiger charge is -2.09. The number of nitrogens with zero attached hydrogens (tertiary/aromatic N) is 5. The van der Waals surface area contributed by atoms with Crippen LogP contribution in [0.15, 0.2) is 29.1 Å². The van der Waals surface area contributed by atoms with Crippen LogP contribution in [0.5, 0.6) is 0 Å². The number of aromatic nitrogens is 5. The average Bonchev–Trinajstić information content (AvgIpc) is 2.89. The van der Waals surface area contributed by atoms with Gasteiger partial charge >= 0.3 is 6.18 Å². The van der Waals surface area contributed by atoms with Crippen LogP contribution in [0.4, 0.5) is 19.1 Å². The maximum atomic E-state index is 12.9. The molecule has 0 aliphatic heterocycles. The molecular formula is C12H7BrClF3N6. The molecule has 3 heterocycles. The van der Waals surface area contributed by atoms with Crippen molar-refractivity contribution in [3.05, 3.63) is 45.5 Å². The van der Waals surface area contributed by atoms with Gasteiger partial charge in [-0.3, -0.25) is 4.40 Å². The molecule has 3 aromatic rings. The lowest BCUT2D eigenvalue weighted by molar-refractivity contribution is -0.137. The Bertz CT molecular complexity index is 848. The standard InChI is InChI=1S/C12H7BrClF3N6/c13-7-2-18-11(19-3-7)20-4-9-21-22-10-8(14)1-6(5-23(9)10)12(15,16)17/h1-3,5H,4H2,(H,18,19,20). The second-order valence-corrected chi connectivity index (χ2v) is 5.79. The number of fused-ring (bicyclic) bond motifs is 1. The molecule has 0 spiro atoms. The summed E-state index contributed by atoms with van der Waals surface area (Å²) in [6, 6.07) is 0.820. The summed E-state index contributed by atoms with van der Waals surface area (Å²) in [6.45, 7) is 0.0838. The van der Waals surface area contributed by atoms with Gasteiger partial charge in [0, 0.05) is 18.6 Å². The predicted molar refractivity (Wildman–Crippen MR) is 80.1 cm³/mol. The zero-order valence-corrected chi connectivity index (χ0v) is 13.5. The summed E-state index contributed by atoms with van der Waals surface area (Å²) in [6.07, 6.45) is -0.534. The molecule has 0 amide bonds. The molecule has 0 aliphatic carbocycles. The van der Waals surface area contributed by atoms with E-state index in [4.69, 9.17) is 11.6 Å². The van der Waals surface area contributed by atoms with Crippen molar-refractivity contribution in [2.45, 2.75) is 12.7 Å². The highest BCUT2D eigenvalue weighted by molar-refractivity contribution is 9.10. The Morgan fingerprint density at radius 3 is 2.57 bits per heavy atom. The van der Waals surface area contributed by atoms with Gasteiger partial charge in [0.25, 0.3) is 0 Å². The van der Waals surface area contributed by atoms with E-state index in [1.807, 2.05) is 0 Å². The van der Waals surface area contributed by atoms with Crippen LogP contribution < -0.4 is 5.32 Å². The minimum atomic E-state index is -4.51. The number of nitrogens with one attached hydrogen (secondary N) is 1. The van der Waals surface area contributed by atoms with E-state index in [9.17, 15) is 13.2 Å². The summed E-state index contributed by atoms with van der Waals surface area (Å²) in [4.78, 5) is 8.00. The third kappa shape index (κ3) is 3.37. The van der Waals surface area contributed by atoms with Gasteiger partial charge in [0.15, 0.2) is 11.5 Å². The third-order valence-electron chi connectivity index (χ3n) is 2.88. The van der Waals surface area contributed by atoms with Gasteiger partial charge < -0.3 is 5.32 Å². The molecule has 120 valence electrons. The van der Waals surface area contributed by atoms with E-state index < -0.39 is 11.7 Å². The van der Waals surface area contributed by atoms with Crippen LogP contribution in [0.25, 0.3) is 5.65 Å². The summed E-state index contributed by atoms with van der Waals surface area (Å²) in [5, 5.41) is 10.4. The van der Waals surface area contributed by atoms with Gasteiger partial charge in [-0.1, -0.05) is 11.6 Å². The molecule has 0 aromatic carbocycles. The number of hydrogen-bond acceptors (Lipinski definition) is 5. The fourth-order valence-electron chi connectivity index (χ4n) is 1.84. The third-order valence-corrected chi connectivity index (χ3v) is 3.57. The molecule has 3 rings (SSSR count). The van der Waals surface area contributed by atoms with Gasteiger partial charge in [-0.15, -0.1) is 10.2 Å². The van der Waals surface area contributed by atoms with E-state index in [1.165, 1.54) is 16.8 Å². The number of halogens is 5. The number of pyridine rings is 1. The maximum absolute atomic E-state index is 12.9.